The first-order valence-electron chi connectivity index (χ1n) is 4.62. The summed E-state index contributed by atoms with van der Waals surface area (Å²) in [6, 6.07) is 5.10. The molecule has 4 nitrogen and oxygen atoms in total. The zero-order valence-electron chi connectivity index (χ0n) is 8.45. The maximum atomic E-state index is 5.84. The minimum atomic E-state index is -0.247. The molecule has 0 radical (unpaired) electrons. The highest BCUT2D eigenvalue weighted by Gasteiger charge is 2.14. The Bertz CT molecular complexity index is 513. The van der Waals surface area contributed by atoms with Gasteiger partial charge in [0.2, 0.25) is 0 Å². The summed E-state index contributed by atoms with van der Waals surface area (Å²) < 4.78 is 5.92. The van der Waals surface area contributed by atoms with Crippen LogP contribution in [-0.4, -0.2) is 10.1 Å². The smallest absolute Gasteiger partial charge is 0.259 e. The van der Waals surface area contributed by atoms with E-state index in [-0.39, 0.29) is 6.04 Å². The van der Waals surface area contributed by atoms with Crippen LogP contribution in [0.2, 0.25) is 5.02 Å². The van der Waals surface area contributed by atoms with Gasteiger partial charge in [-0.25, -0.2) is 0 Å². The molecule has 0 saturated heterocycles. The standard InChI is InChI=1S/C10H9BrClN3O/c1-5(13)9-14-10(16-15-9)7-3-2-6(12)4-8(7)11/h2-5H,13H2,1H3. The second kappa shape index (κ2) is 4.53. The molecule has 0 aliphatic carbocycles. The van der Waals surface area contributed by atoms with Crippen LogP contribution >= 0.6 is 27.5 Å². The van der Waals surface area contributed by atoms with Gasteiger partial charge < -0.3 is 10.3 Å². The van der Waals surface area contributed by atoms with Crippen LogP contribution in [0.3, 0.4) is 0 Å². The maximum Gasteiger partial charge on any atom is 0.259 e. The maximum absolute atomic E-state index is 5.84. The molecule has 1 heterocycles. The van der Waals surface area contributed by atoms with Gasteiger partial charge in [0.15, 0.2) is 5.82 Å². The van der Waals surface area contributed by atoms with Crippen LogP contribution < -0.4 is 5.73 Å². The first kappa shape index (κ1) is 11.6. The number of aromatic nitrogens is 2. The highest BCUT2D eigenvalue weighted by molar-refractivity contribution is 9.10. The number of nitrogens with two attached hydrogens (primary N) is 1. The molecule has 0 aliphatic rings. The van der Waals surface area contributed by atoms with Crippen LogP contribution in [0, 0.1) is 0 Å². The molecule has 1 aromatic heterocycles. The molecule has 2 aromatic rings. The van der Waals surface area contributed by atoms with Crippen molar-refractivity contribution in [2.75, 3.05) is 0 Å². The Kier molecular flexibility index (Phi) is 3.28. The van der Waals surface area contributed by atoms with Gasteiger partial charge in [0.25, 0.3) is 5.89 Å². The summed E-state index contributed by atoms with van der Waals surface area (Å²) in [6.07, 6.45) is 0. The molecule has 1 atom stereocenters. The minimum absolute atomic E-state index is 0.247. The second-order valence-corrected chi connectivity index (χ2v) is 4.66. The molecule has 84 valence electrons. The first-order valence-corrected chi connectivity index (χ1v) is 5.79. The van der Waals surface area contributed by atoms with Gasteiger partial charge in [-0.3, -0.25) is 0 Å². The van der Waals surface area contributed by atoms with Crippen molar-refractivity contribution in [1.29, 1.82) is 0 Å². The van der Waals surface area contributed by atoms with E-state index in [1.54, 1.807) is 19.1 Å². The number of rotatable bonds is 2. The summed E-state index contributed by atoms with van der Waals surface area (Å²) in [6.45, 7) is 1.80. The van der Waals surface area contributed by atoms with E-state index in [0.717, 1.165) is 10.0 Å². The second-order valence-electron chi connectivity index (χ2n) is 3.37. The molecule has 6 heteroatoms. The summed E-state index contributed by atoms with van der Waals surface area (Å²) in [7, 11) is 0. The SMILES string of the molecule is CC(N)c1noc(-c2ccc(Cl)cc2Br)n1. The number of hydrogen-bond acceptors (Lipinski definition) is 4. The highest BCUT2D eigenvalue weighted by Crippen LogP contribution is 2.29. The molecule has 0 bridgehead atoms. The van der Waals surface area contributed by atoms with E-state index < -0.39 is 0 Å². The van der Waals surface area contributed by atoms with E-state index in [9.17, 15) is 0 Å². The Labute approximate surface area is 106 Å². The number of hydrogen-bond donors (Lipinski definition) is 1. The van der Waals surface area contributed by atoms with Gasteiger partial charge >= 0.3 is 0 Å². The van der Waals surface area contributed by atoms with Crippen LogP contribution in [0.15, 0.2) is 27.2 Å². The van der Waals surface area contributed by atoms with Crippen molar-refractivity contribution in [3.8, 4) is 11.5 Å². The van der Waals surface area contributed by atoms with Gasteiger partial charge in [0.05, 0.1) is 11.6 Å². The number of nitrogens with zero attached hydrogens (tertiary/aromatic N) is 2. The van der Waals surface area contributed by atoms with Crippen LogP contribution in [-0.2, 0) is 0 Å². The predicted molar refractivity (Wildman–Crippen MR) is 65.0 cm³/mol. The average molecular weight is 303 g/mol. The Balaban J connectivity index is 2.42. The molecule has 2 N–H and O–H groups in total. The fraction of sp³-hybridized carbons (Fsp3) is 0.200. The van der Waals surface area contributed by atoms with Gasteiger partial charge in [0, 0.05) is 9.50 Å². The number of halogens is 2. The minimum Gasteiger partial charge on any atom is -0.334 e. The average Bonchev–Trinajstić information content (AvgIpc) is 2.66. The van der Waals surface area contributed by atoms with E-state index in [1.165, 1.54) is 0 Å². The van der Waals surface area contributed by atoms with E-state index in [1.807, 2.05) is 6.07 Å². The van der Waals surface area contributed by atoms with Gasteiger partial charge in [-0.05, 0) is 41.1 Å². The van der Waals surface area contributed by atoms with Crippen molar-refractivity contribution < 1.29 is 4.52 Å². The molecule has 2 rings (SSSR count). The van der Waals surface area contributed by atoms with Gasteiger partial charge in [-0.2, -0.15) is 4.98 Å². The molecular weight excluding hydrogens is 293 g/mol. The quantitative estimate of drug-likeness (QED) is 0.925. The van der Waals surface area contributed by atoms with Crippen molar-refractivity contribution in [3.05, 3.63) is 33.5 Å². The third kappa shape index (κ3) is 2.26. The molecule has 0 fully saturated rings. The Morgan fingerprint density at radius 1 is 1.50 bits per heavy atom. The van der Waals surface area contributed by atoms with Gasteiger partial charge in [0.1, 0.15) is 0 Å². The third-order valence-corrected chi connectivity index (χ3v) is 2.90. The summed E-state index contributed by atoms with van der Waals surface area (Å²) in [4.78, 5) is 4.19. The van der Waals surface area contributed by atoms with E-state index in [2.05, 4.69) is 26.1 Å². The highest BCUT2D eigenvalue weighted by atomic mass is 79.9. The molecule has 0 amide bonds. The topological polar surface area (TPSA) is 64.9 Å². The predicted octanol–water partition coefficient (Wildman–Crippen LogP) is 3.17. The van der Waals surface area contributed by atoms with Crippen molar-refractivity contribution in [2.45, 2.75) is 13.0 Å². The van der Waals surface area contributed by atoms with E-state index in [4.69, 9.17) is 21.9 Å². The van der Waals surface area contributed by atoms with Crippen LogP contribution in [0.1, 0.15) is 18.8 Å². The summed E-state index contributed by atoms with van der Waals surface area (Å²) in [5.41, 5.74) is 6.44. The molecule has 0 spiro atoms. The monoisotopic (exact) mass is 301 g/mol. The lowest BCUT2D eigenvalue weighted by Gasteiger charge is -1.98. The Hall–Kier alpha value is -0.910. The third-order valence-electron chi connectivity index (χ3n) is 2.01. The van der Waals surface area contributed by atoms with Gasteiger partial charge in [-0.1, -0.05) is 16.8 Å². The van der Waals surface area contributed by atoms with Crippen LogP contribution in [0.4, 0.5) is 0 Å². The van der Waals surface area contributed by atoms with Crippen LogP contribution in [0.25, 0.3) is 11.5 Å². The molecule has 1 unspecified atom stereocenters. The molecular formula is C10H9BrClN3O. The molecule has 16 heavy (non-hydrogen) atoms. The lowest BCUT2D eigenvalue weighted by Crippen LogP contribution is -2.06. The zero-order chi connectivity index (χ0) is 11.7. The Morgan fingerprint density at radius 2 is 2.25 bits per heavy atom. The van der Waals surface area contributed by atoms with E-state index >= 15 is 0 Å². The van der Waals surface area contributed by atoms with Crippen molar-refractivity contribution in [2.24, 2.45) is 5.73 Å². The fourth-order valence-corrected chi connectivity index (χ4v) is 2.04. The summed E-state index contributed by atoms with van der Waals surface area (Å²) in [5.74, 6) is 0.910. The number of benzene rings is 1. The molecule has 0 aliphatic heterocycles. The zero-order valence-corrected chi connectivity index (χ0v) is 10.8. The van der Waals surface area contributed by atoms with Crippen molar-refractivity contribution in [3.63, 3.8) is 0 Å². The Morgan fingerprint density at radius 3 is 2.81 bits per heavy atom. The van der Waals surface area contributed by atoms with E-state index in [0.29, 0.717) is 16.7 Å². The lowest BCUT2D eigenvalue weighted by atomic mass is 10.2. The van der Waals surface area contributed by atoms with Crippen LogP contribution in [0.5, 0.6) is 0 Å². The van der Waals surface area contributed by atoms with Crippen molar-refractivity contribution in [1.82, 2.24) is 10.1 Å². The molecule has 0 saturated carbocycles. The molecule has 1 aromatic carbocycles. The lowest BCUT2D eigenvalue weighted by molar-refractivity contribution is 0.418. The largest absolute Gasteiger partial charge is 0.334 e. The normalized spacial score (nSPS) is 12.8. The first-order chi connectivity index (χ1) is 7.58. The fourth-order valence-electron chi connectivity index (χ4n) is 1.19. The van der Waals surface area contributed by atoms with Crippen molar-refractivity contribution >= 4 is 27.5 Å². The van der Waals surface area contributed by atoms with Gasteiger partial charge in [-0.15, -0.1) is 0 Å². The summed E-state index contributed by atoms with van der Waals surface area (Å²) >= 11 is 9.23. The summed E-state index contributed by atoms with van der Waals surface area (Å²) in [5, 5.41) is 4.43.